The summed E-state index contributed by atoms with van der Waals surface area (Å²) in [5.74, 6) is -2.42. The summed E-state index contributed by atoms with van der Waals surface area (Å²) in [6.45, 7) is 0. The van der Waals surface area contributed by atoms with Gasteiger partial charge in [-0.3, -0.25) is 0 Å². The van der Waals surface area contributed by atoms with Gasteiger partial charge in [-0.2, -0.15) is 0 Å². The molecule has 0 heterocycles. The fourth-order valence-corrected chi connectivity index (χ4v) is 0.940. The number of hydrogen-bond acceptors (Lipinski definition) is 2. The third kappa shape index (κ3) is 2.23. The number of carboxylic acid groups (broad SMARTS) is 1. The second-order valence-corrected chi connectivity index (χ2v) is 2.54. The Labute approximate surface area is 84.7 Å². The summed E-state index contributed by atoms with van der Waals surface area (Å²) in [7, 11) is 0. The van der Waals surface area contributed by atoms with Crippen LogP contribution in [-0.4, -0.2) is 11.1 Å². The van der Waals surface area contributed by atoms with Crippen LogP contribution in [0, 0.1) is 5.82 Å². The number of rotatable bonds is 1. The van der Waals surface area contributed by atoms with E-state index in [0.717, 1.165) is 0 Å². The SMILES string of the molecule is Cl.Nc1ccc(Cl)c(F)c1C(=O)O. The van der Waals surface area contributed by atoms with Gasteiger partial charge in [-0.15, -0.1) is 12.4 Å². The van der Waals surface area contributed by atoms with Crippen LogP contribution in [-0.2, 0) is 0 Å². The second-order valence-electron chi connectivity index (χ2n) is 2.13. The Balaban J connectivity index is 0.00000144. The molecular formula is C7H6Cl2FNO2. The van der Waals surface area contributed by atoms with Crippen molar-refractivity contribution in [3.05, 3.63) is 28.5 Å². The number of benzene rings is 1. The van der Waals surface area contributed by atoms with E-state index in [4.69, 9.17) is 22.4 Å². The highest BCUT2D eigenvalue weighted by Gasteiger charge is 2.16. The molecule has 0 aromatic heterocycles. The van der Waals surface area contributed by atoms with E-state index in [9.17, 15) is 9.18 Å². The maximum Gasteiger partial charge on any atom is 0.340 e. The Morgan fingerprint density at radius 2 is 2.08 bits per heavy atom. The Hall–Kier alpha value is -1.00. The molecule has 0 fully saturated rings. The van der Waals surface area contributed by atoms with Crippen LogP contribution in [0.25, 0.3) is 0 Å². The molecular weight excluding hydrogens is 220 g/mol. The molecule has 0 saturated heterocycles. The number of aromatic carboxylic acids is 1. The van der Waals surface area contributed by atoms with Gasteiger partial charge in [0.1, 0.15) is 5.56 Å². The van der Waals surface area contributed by atoms with Crippen molar-refractivity contribution in [2.75, 3.05) is 5.73 Å². The third-order valence-electron chi connectivity index (χ3n) is 1.34. The zero-order valence-corrected chi connectivity index (χ0v) is 7.82. The molecule has 0 spiro atoms. The number of carbonyl (C=O) groups is 1. The number of carboxylic acids is 1. The van der Waals surface area contributed by atoms with E-state index in [2.05, 4.69) is 0 Å². The highest BCUT2D eigenvalue weighted by Crippen LogP contribution is 2.23. The molecule has 0 aliphatic rings. The van der Waals surface area contributed by atoms with Crippen LogP contribution in [0.3, 0.4) is 0 Å². The van der Waals surface area contributed by atoms with Gasteiger partial charge in [-0.05, 0) is 12.1 Å². The summed E-state index contributed by atoms with van der Waals surface area (Å²) in [6.07, 6.45) is 0. The Morgan fingerprint density at radius 3 is 2.46 bits per heavy atom. The Bertz CT molecular complexity index is 344. The van der Waals surface area contributed by atoms with E-state index < -0.39 is 17.3 Å². The fraction of sp³-hybridized carbons (Fsp3) is 0. The molecule has 0 aliphatic carbocycles. The van der Waals surface area contributed by atoms with Gasteiger partial charge < -0.3 is 10.8 Å². The predicted octanol–water partition coefficient (Wildman–Crippen LogP) is 2.18. The van der Waals surface area contributed by atoms with Crippen molar-refractivity contribution in [1.82, 2.24) is 0 Å². The molecule has 0 unspecified atom stereocenters. The number of nitrogen functional groups attached to an aromatic ring is 1. The van der Waals surface area contributed by atoms with Crippen molar-refractivity contribution in [2.24, 2.45) is 0 Å². The quantitative estimate of drug-likeness (QED) is 0.721. The standard InChI is InChI=1S/C7H5ClFNO2.ClH/c8-3-1-2-4(10)5(6(3)9)7(11)12;/h1-2H,10H2,(H,11,12);1H. The van der Waals surface area contributed by atoms with Gasteiger partial charge >= 0.3 is 5.97 Å². The molecule has 6 heteroatoms. The predicted molar refractivity (Wildman–Crippen MR) is 50.0 cm³/mol. The van der Waals surface area contributed by atoms with Crippen LogP contribution >= 0.6 is 24.0 Å². The summed E-state index contributed by atoms with van der Waals surface area (Å²) >= 11 is 5.34. The van der Waals surface area contributed by atoms with Gasteiger partial charge in [-0.1, -0.05) is 11.6 Å². The van der Waals surface area contributed by atoms with Crippen LogP contribution < -0.4 is 5.73 Å². The zero-order valence-electron chi connectivity index (χ0n) is 6.25. The molecule has 0 radical (unpaired) electrons. The van der Waals surface area contributed by atoms with Crippen molar-refractivity contribution in [3.8, 4) is 0 Å². The van der Waals surface area contributed by atoms with Crippen LogP contribution in [0.5, 0.6) is 0 Å². The molecule has 13 heavy (non-hydrogen) atoms. The van der Waals surface area contributed by atoms with E-state index in [-0.39, 0.29) is 23.1 Å². The van der Waals surface area contributed by atoms with Crippen molar-refractivity contribution in [1.29, 1.82) is 0 Å². The first-order valence-corrected chi connectivity index (χ1v) is 3.38. The maximum absolute atomic E-state index is 12.9. The highest BCUT2D eigenvalue weighted by atomic mass is 35.5. The van der Waals surface area contributed by atoms with Gasteiger partial charge in [0.25, 0.3) is 0 Å². The van der Waals surface area contributed by atoms with E-state index in [1.165, 1.54) is 12.1 Å². The number of anilines is 1. The third-order valence-corrected chi connectivity index (χ3v) is 1.63. The van der Waals surface area contributed by atoms with Crippen LogP contribution in [0.1, 0.15) is 10.4 Å². The lowest BCUT2D eigenvalue weighted by molar-refractivity contribution is 0.0693. The molecule has 3 nitrogen and oxygen atoms in total. The lowest BCUT2D eigenvalue weighted by atomic mass is 10.2. The summed E-state index contributed by atoms with van der Waals surface area (Å²) in [5.41, 5.74) is 4.50. The van der Waals surface area contributed by atoms with Crippen LogP contribution in [0.15, 0.2) is 12.1 Å². The first-order valence-electron chi connectivity index (χ1n) is 3.01. The first kappa shape index (κ1) is 12.0. The molecule has 0 atom stereocenters. The average molecular weight is 226 g/mol. The van der Waals surface area contributed by atoms with Gasteiger partial charge in [0, 0.05) is 5.69 Å². The minimum absolute atomic E-state index is 0. The fourth-order valence-electron chi connectivity index (χ4n) is 0.783. The monoisotopic (exact) mass is 225 g/mol. The smallest absolute Gasteiger partial charge is 0.340 e. The molecule has 0 aliphatic heterocycles. The van der Waals surface area contributed by atoms with Crippen molar-refractivity contribution >= 4 is 35.7 Å². The Morgan fingerprint density at radius 1 is 1.54 bits per heavy atom. The van der Waals surface area contributed by atoms with E-state index >= 15 is 0 Å². The van der Waals surface area contributed by atoms with Crippen LogP contribution in [0.4, 0.5) is 10.1 Å². The lowest BCUT2D eigenvalue weighted by Gasteiger charge is -2.02. The summed E-state index contributed by atoms with van der Waals surface area (Å²) in [5, 5.41) is 8.24. The van der Waals surface area contributed by atoms with E-state index in [0.29, 0.717) is 0 Å². The summed E-state index contributed by atoms with van der Waals surface area (Å²) in [4.78, 5) is 10.4. The van der Waals surface area contributed by atoms with Crippen LogP contribution in [0.2, 0.25) is 5.02 Å². The molecule has 0 bridgehead atoms. The van der Waals surface area contributed by atoms with E-state index in [1.54, 1.807) is 0 Å². The van der Waals surface area contributed by atoms with Gasteiger partial charge in [0.2, 0.25) is 0 Å². The average Bonchev–Trinajstić information content (AvgIpc) is 1.97. The molecule has 0 saturated carbocycles. The number of hydrogen-bond donors (Lipinski definition) is 2. The van der Waals surface area contributed by atoms with E-state index in [1.807, 2.05) is 0 Å². The Kier molecular flexibility index (Phi) is 3.97. The largest absolute Gasteiger partial charge is 0.478 e. The van der Waals surface area contributed by atoms with Gasteiger partial charge in [-0.25, -0.2) is 9.18 Å². The first-order chi connectivity index (χ1) is 5.54. The topological polar surface area (TPSA) is 63.3 Å². The summed E-state index contributed by atoms with van der Waals surface area (Å²) in [6, 6.07) is 2.45. The molecule has 3 N–H and O–H groups in total. The minimum Gasteiger partial charge on any atom is -0.478 e. The normalized spacial score (nSPS) is 9.08. The minimum atomic E-state index is -1.42. The number of nitrogens with two attached hydrogens (primary N) is 1. The molecule has 1 aromatic carbocycles. The molecule has 1 rings (SSSR count). The van der Waals surface area contributed by atoms with Crippen molar-refractivity contribution < 1.29 is 14.3 Å². The molecule has 0 amide bonds. The van der Waals surface area contributed by atoms with Crippen molar-refractivity contribution in [3.63, 3.8) is 0 Å². The lowest BCUT2D eigenvalue weighted by Crippen LogP contribution is -2.05. The zero-order chi connectivity index (χ0) is 9.30. The number of halogens is 3. The highest BCUT2D eigenvalue weighted by molar-refractivity contribution is 6.31. The van der Waals surface area contributed by atoms with Crippen molar-refractivity contribution in [2.45, 2.75) is 0 Å². The maximum atomic E-state index is 12.9. The van der Waals surface area contributed by atoms with Gasteiger partial charge in [0.05, 0.1) is 5.02 Å². The molecule has 1 aromatic rings. The van der Waals surface area contributed by atoms with Gasteiger partial charge in [0.15, 0.2) is 5.82 Å². The second kappa shape index (κ2) is 4.30. The summed E-state index contributed by atoms with van der Waals surface area (Å²) < 4.78 is 12.9. The molecule has 72 valence electrons.